The van der Waals surface area contributed by atoms with E-state index in [-0.39, 0.29) is 5.91 Å². The smallest absolute Gasteiger partial charge is 0.410 e. The molecule has 8 heteroatoms. The number of aromatic nitrogens is 2. The number of hydrogen-bond donors (Lipinski definition) is 1. The predicted molar refractivity (Wildman–Crippen MR) is 106 cm³/mol. The number of nitrogens with zero attached hydrogens (tertiary/aromatic N) is 4. The van der Waals surface area contributed by atoms with Crippen LogP contribution in [0.25, 0.3) is 0 Å². The van der Waals surface area contributed by atoms with Gasteiger partial charge in [-0.25, -0.2) is 4.79 Å². The molecule has 8 nitrogen and oxygen atoms in total. The third-order valence-corrected chi connectivity index (χ3v) is 5.89. The first kappa shape index (κ1) is 20.6. The Morgan fingerprint density at radius 3 is 2.68 bits per heavy atom. The van der Waals surface area contributed by atoms with E-state index in [9.17, 15) is 9.59 Å². The maximum atomic E-state index is 12.6. The average molecular weight is 392 g/mol. The minimum Gasteiger partial charge on any atom is -0.453 e. The Hall–Kier alpha value is -2.09. The van der Waals surface area contributed by atoms with Crippen molar-refractivity contribution in [1.29, 1.82) is 0 Å². The molecule has 3 heterocycles. The summed E-state index contributed by atoms with van der Waals surface area (Å²) in [6.45, 7) is 7.21. The van der Waals surface area contributed by atoms with Gasteiger partial charge in [0, 0.05) is 32.4 Å². The zero-order valence-electron chi connectivity index (χ0n) is 17.1. The number of amides is 2. The molecule has 2 saturated heterocycles. The van der Waals surface area contributed by atoms with E-state index >= 15 is 0 Å². The van der Waals surface area contributed by atoms with Crippen LogP contribution in [-0.4, -0.2) is 70.9 Å². The summed E-state index contributed by atoms with van der Waals surface area (Å²) in [5.41, 5.74) is 1.12. The molecule has 0 radical (unpaired) electrons. The fourth-order valence-electron chi connectivity index (χ4n) is 4.14. The molecule has 0 bridgehead atoms. The van der Waals surface area contributed by atoms with Crippen LogP contribution in [-0.2, 0) is 22.6 Å². The zero-order valence-corrected chi connectivity index (χ0v) is 17.1. The fourth-order valence-corrected chi connectivity index (χ4v) is 4.14. The van der Waals surface area contributed by atoms with Gasteiger partial charge in [0.05, 0.1) is 12.8 Å². The summed E-state index contributed by atoms with van der Waals surface area (Å²) in [5, 5.41) is 7.64. The lowest BCUT2D eigenvalue weighted by Crippen LogP contribution is -2.52. The van der Waals surface area contributed by atoms with E-state index in [1.165, 1.54) is 7.11 Å². The van der Waals surface area contributed by atoms with Crippen molar-refractivity contribution >= 4 is 12.0 Å². The van der Waals surface area contributed by atoms with Crippen molar-refractivity contribution in [3.63, 3.8) is 0 Å². The molecule has 2 aliphatic heterocycles. The van der Waals surface area contributed by atoms with E-state index in [1.54, 1.807) is 4.90 Å². The van der Waals surface area contributed by atoms with E-state index in [0.717, 1.165) is 57.6 Å². The van der Waals surface area contributed by atoms with Crippen molar-refractivity contribution in [2.45, 2.75) is 58.2 Å². The van der Waals surface area contributed by atoms with Gasteiger partial charge in [-0.1, -0.05) is 0 Å². The summed E-state index contributed by atoms with van der Waals surface area (Å²) in [6.07, 6.45) is 6.37. The Morgan fingerprint density at radius 2 is 2.00 bits per heavy atom. The van der Waals surface area contributed by atoms with Gasteiger partial charge in [-0.15, -0.1) is 0 Å². The van der Waals surface area contributed by atoms with Gasteiger partial charge in [-0.3, -0.25) is 19.3 Å². The molecular formula is C20H33N5O3. The summed E-state index contributed by atoms with van der Waals surface area (Å²) >= 11 is 0. The van der Waals surface area contributed by atoms with Crippen LogP contribution in [0.4, 0.5) is 4.79 Å². The highest BCUT2D eigenvalue weighted by Crippen LogP contribution is 2.20. The van der Waals surface area contributed by atoms with Gasteiger partial charge in [0.1, 0.15) is 6.04 Å². The second-order valence-corrected chi connectivity index (χ2v) is 7.80. The van der Waals surface area contributed by atoms with E-state index in [2.05, 4.69) is 28.3 Å². The molecule has 0 unspecified atom stereocenters. The Bertz CT molecular complexity index is 654. The highest BCUT2D eigenvalue weighted by molar-refractivity contribution is 5.85. The lowest BCUT2D eigenvalue weighted by Gasteiger charge is -2.35. The summed E-state index contributed by atoms with van der Waals surface area (Å²) in [7, 11) is 1.37. The SMILES string of the molecule is CCn1ccc(CN2CCC(CNC(=O)[C@@H]3CCCCN3C(=O)OC)CC2)n1. The van der Waals surface area contributed by atoms with Gasteiger partial charge < -0.3 is 10.1 Å². The number of nitrogens with one attached hydrogen (secondary N) is 1. The first-order chi connectivity index (χ1) is 13.6. The molecule has 0 spiro atoms. The minimum atomic E-state index is -0.404. The van der Waals surface area contributed by atoms with Gasteiger partial charge >= 0.3 is 6.09 Å². The van der Waals surface area contributed by atoms with E-state index in [4.69, 9.17) is 4.74 Å². The van der Waals surface area contributed by atoms with Crippen LogP contribution in [0.1, 0.15) is 44.7 Å². The maximum absolute atomic E-state index is 12.6. The Kier molecular flexibility index (Phi) is 7.30. The van der Waals surface area contributed by atoms with Crippen molar-refractivity contribution in [2.24, 2.45) is 5.92 Å². The van der Waals surface area contributed by atoms with E-state index in [0.29, 0.717) is 25.4 Å². The number of rotatable bonds is 6. The molecule has 1 N–H and O–H groups in total. The summed E-state index contributed by atoms with van der Waals surface area (Å²) in [4.78, 5) is 28.5. The van der Waals surface area contributed by atoms with Crippen molar-refractivity contribution in [1.82, 2.24) is 24.9 Å². The van der Waals surface area contributed by atoms with Crippen LogP contribution < -0.4 is 5.32 Å². The molecule has 1 aromatic rings. The standard InChI is InChI=1S/C20H33N5O3/c1-3-24-13-9-17(22-24)15-23-11-7-16(8-12-23)14-21-19(26)18-6-4-5-10-25(18)20(27)28-2/h9,13,16,18H,3-8,10-12,14-15H2,1-2H3,(H,21,26)/t18-/m0/s1. The monoisotopic (exact) mass is 391 g/mol. The molecule has 0 aliphatic carbocycles. The second-order valence-electron chi connectivity index (χ2n) is 7.80. The van der Waals surface area contributed by atoms with Crippen LogP contribution in [0, 0.1) is 5.92 Å². The van der Waals surface area contributed by atoms with Crippen LogP contribution in [0.2, 0.25) is 0 Å². The van der Waals surface area contributed by atoms with E-state index in [1.807, 2.05) is 10.9 Å². The third-order valence-electron chi connectivity index (χ3n) is 5.89. The highest BCUT2D eigenvalue weighted by Gasteiger charge is 2.33. The first-order valence-corrected chi connectivity index (χ1v) is 10.5. The quantitative estimate of drug-likeness (QED) is 0.801. The average Bonchev–Trinajstić information content (AvgIpc) is 3.20. The predicted octanol–water partition coefficient (Wildman–Crippen LogP) is 1.85. The number of likely N-dealkylation sites (tertiary alicyclic amines) is 2. The highest BCUT2D eigenvalue weighted by atomic mass is 16.5. The van der Waals surface area contributed by atoms with Crippen LogP contribution in [0.15, 0.2) is 12.3 Å². The third kappa shape index (κ3) is 5.25. The summed E-state index contributed by atoms with van der Waals surface area (Å²) in [5.74, 6) is 0.446. The summed E-state index contributed by atoms with van der Waals surface area (Å²) in [6, 6.07) is 1.70. The molecule has 1 atom stereocenters. The molecule has 1 aromatic heterocycles. The van der Waals surface area contributed by atoms with Crippen molar-refractivity contribution in [2.75, 3.05) is 33.3 Å². The minimum absolute atomic E-state index is 0.0439. The van der Waals surface area contributed by atoms with Crippen molar-refractivity contribution < 1.29 is 14.3 Å². The Morgan fingerprint density at radius 1 is 1.21 bits per heavy atom. The van der Waals surface area contributed by atoms with Gasteiger partial charge in [0.2, 0.25) is 5.91 Å². The van der Waals surface area contributed by atoms with Crippen molar-refractivity contribution in [3.8, 4) is 0 Å². The molecule has 2 fully saturated rings. The lowest BCUT2D eigenvalue weighted by atomic mass is 9.96. The molecular weight excluding hydrogens is 358 g/mol. The largest absolute Gasteiger partial charge is 0.453 e. The number of piperidine rings is 2. The molecule has 3 rings (SSSR count). The molecule has 0 saturated carbocycles. The normalized spacial score (nSPS) is 21.5. The first-order valence-electron chi connectivity index (χ1n) is 10.5. The number of carbonyl (C=O) groups excluding carboxylic acids is 2. The summed E-state index contributed by atoms with van der Waals surface area (Å²) < 4.78 is 6.79. The number of methoxy groups -OCH3 is 1. The topological polar surface area (TPSA) is 79.7 Å². The number of ether oxygens (including phenoxy) is 1. The Balaban J connectivity index is 1.40. The number of hydrogen-bond acceptors (Lipinski definition) is 5. The molecule has 0 aromatic carbocycles. The molecule has 28 heavy (non-hydrogen) atoms. The second kappa shape index (κ2) is 9.91. The van der Waals surface area contributed by atoms with Crippen LogP contribution >= 0.6 is 0 Å². The van der Waals surface area contributed by atoms with Crippen molar-refractivity contribution in [3.05, 3.63) is 18.0 Å². The molecule has 156 valence electrons. The maximum Gasteiger partial charge on any atom is 0.410 e. The number of aryl methyl sites for hydroxylation is 1. The lowest BCUT2D eigenvalue weighted by molar-refractivity contribution is -0.127. The van der Waals surface area contributed by atoms with Gasteiger partial charge in [-0.2, -0.15) is 5.10 Å². The Labute approximate surface area is 167 Å². The number of carbonyl (C=O) groups is 2. The van der Waals surface area contributed by atoms with Gasteiger partial charge in [-0.05, 0) is 64.1 Å². The molecule has 2 amide bonds. The molecule has 2 aliphatic rings. The van der Waals surface area contributed by atoms with Crippen LogP contribution in [0.5, 0.6) is 0 Å². The fraction of sp³-hybridized carbons (Fsp3) is 0.750. The van der Waals surface area contributed by atoms with Gasteiger partial charge in [0.25, 0.3) is 0 Å². The van der Waals surface area contributed by atoms with E-state index < -0.39 is 12.1 Å². The zero-order chi connectivity index (χ0) is 19.9. The van der Waals surface area contributed by atoms with Crippen LogP contribution in [0.3, 0.4) is 0 Å². The van der Waals surface area contributed by atoms with Gasteiger partial charge in [0.15, 0.2) is 0 Å².